The second-order valence-corrected chi connectivity index (χ2v) is 7.28. The molecule has 1 aromatic carbocycles. The molecule has 0 aliphatic carbocycles. The minimum atomic E-state index is -4.64. The second-order valence-electron chi connectivity index (χ2n) is 7.28. The third-order valence-corrected chi connectivity index (χ3v) is 5.06. The van der Waals surface area contributed by atoms with Gasteiger partial charge in [0.15, 0.2) is 0 Å². The van der Waals surface area contributed by atoms with Crippen LogP contribution < -0.4 is 9.64 Å². The minimum absolute atomic E-state index is 0.123. The molecule has 1 N–H and O–H groups in total. The summed E-state index contributed by atoms with van der Waals surface area (Å²) in [4.78, 5) is 18.3. The Hall–Kier alpha value is -3.03. The number of ether oxygens (including phenoxy) is 1. The standard InChI is InChI=1S/C22H23F3N2O3/c1-5-27-13(4)17(21(28)29)18(14-8-6-7-9-15(14)22(23,24)25)19-16(27)10-11-26-20(19)30-12(2)3/h6-12,18H,5H2,1-4H3,(H,28,29). The lowest BCUT2D eigenvalue weighted by Gasteiger charge is -2.38. The predicted octanol–water partition coefficient (Wildman–Crippen LogP) is 5.22. The topological polar surface area (TPSA) is 62.7 Å². The number of anilines is 1. The van der Waals surface area contributed by atoms with Gasteiger partial charge in [-0.05, 0) is 45.4 Å². The number of hydrogen-bond donors (Lipinski definition) is 1. The van der Waals surface area contributed by atoms with E-state index in [4.69, 9.17) is 4.74 Å². The summed E-state index contributed by atoms with van der Waals surface area (Å²) < 4.78 is 47.3. The third kappa shape index (κ3) is 3.74. The van der Waals surface area contributed by atoms with E-state index in [-0.39, 0.29) is 23.1 Å². The fourth-order valence-electron chi connectivity index (χ4n) is 3.95. The van der Waals surface area contributed by atoms with Gasteiger partial charge in [-0.15, -0.1) is 0 Å². The fraction of sp³-hybridized carbons (Fsp3) is 0.364. The smallest absolute Gasteiger partial charge is 0.416 e. The Morgan fingerprint density at radius 3 is 2.50 bits per heavy atom. The van der Waals surface area contributed by atoms with E-state index >= 15 is 0 Å². The van der Waals surface area contributed by atoms with Gasteiger partial charge in [0.25, 0.3) is 0 Å². The molecule has 1 aromatic heterocycles. The number of halogens is 3. The summed E-state index contributed by atoms with van der Waals surface area (Å²) in [5, 5.41) is 10.0. The van der Waals surface area contributed by atoms with Crippen molar-refractivity contribution < 1.29 is 27.8 Å². The number of carbonyl (C=O) groups is 1. The first-order valence-corrected chi connectivity index (χ1v) is 9.61. The number of carboxylic acids is 1. The first-order valence-electron chi connectivity index (χ1n) is 9.61. The molecule has 0 saturated carbocycles. The first-order chi connectivity index (χ1) is 14.1. The average molecular weight is 420 g/mol. The molecular weight excluding hydrogens is 397 g/mol. The van der Waals surface area contributed by atoms with Crippen molar-refractivity contribution in [2.24, 2.45) is 0 Å². The molecule has 0 saturated heterocycles. The molecule has 1 unspecified atom stereocenters. The molecular formula is C22H23F3N2O3. The normalized spacial score (nSPS) is 16.7. The quantitative estimate of drug-likeness (QED) is 0.719. The number of pyridine rings is 1. The highest BCUT2D eigenvalue weighted by atomic mass is 19.4. The number of nitrogens with zero attached hydrogens (tertiary/aromatic N) is 2. The zero-order chi connectivity index (χ0) is 22.2. The summed E-state index contributed by atoms with van der Waals surface area (Å²) in [6, 6.07) is 6.73. The maximum absolute atomic E-state index is 13.8. The van der Waals surface area contributed by atoms with Gasteiger partial charge in [-0.1, -0.05) is 18.2 Å². The third-order valence-electron chi connectivity index (χ3n) is 5.06. The summed E-state index contributed by atoms with van der Waals surface area (Å²) in [5.74, 6) is -2.33. The molecule has 1 aliphatic rings. The van der Waals surface area contributed by atoms with Crippen LogP contribution in [0.3, 0.4) is 0 Å². The lowest BCUT2D eigenvalue weighted by atomic mass is 9.78. The van der Waals surface area contributed by atoms with Crippen LogP contribution >= 0.6 is 0 Å². The van der Waals surface area contributed by atoms with Crippen molar-refractivity contribution in [1.29, 1.82) is 0 Å². The molecule has 0 spiro atoms. The van der Waals surface area contributed by atoms with Crippen LogP contribution in [0.5, 0.6) is 5.88 Å². The van der Waals surface area contributed by atoms with Crippen LogP contribution in [0.2, 0.25) is 0 Å². The molecule has 2 heterocycles. The van der Waals surface area contributed by atoms with Gasteiger partial charge in [0.05, 0.1) is 34.4 Å². The number of rotatable bonds is 5. The average Bonchev–Trinajstić information content (AvgIpc) is 2.66. The number of fused-ring (bicyclic) bond motifs is 1. The molecule has 0 bridgehead atoms. The van der Waals surface area contributed by atoms with Gasteiger partial charge < -0.3 is 14.7 Å². The Morgan fingerprint density at radius 2 is 1.93 bits per heavy atom. The zero-order valence-electron chi connectivity index (χ0n) is 17.1. The maximum Gasteiger partial charge on any atom is 0.416 e. The molecule has 30 heavy (non-hydrogen) atoms. The van der Waals surface area contributed by atoms with Gasteiger partial charge in [-0.25, -0.2) is 9.78 Å². The Morgan fingerprint density at radius 1 is 1.27 bits per heavy atom. The van der Waals surface area contributed by atoms with Crippen molar-refractivity contribution in [2.75, 3.05) is 11.4 Å². The van der Waals surface area contributed by atoms with Crippen LogP contribution in [0.4, 0.5) is 18.9 Å². The van der Waals surface area contributed by atoms with Gasteiger partial charge in [0.2, 0.25) is 5.88 Å². The molecule has 1 aliphatic heterocycles. The van der Waals surface area contributed by atoms with Crippen LogP contribution in [-0.2, 0) is 11.0 Å². The molecule has 1 atom stereocenters. The summed E-state index contributed by atoms with van der Waals surface area (Å²) in [7, 11) is 0. The minimum Gasteiger partial charge on any atom is -0.478 e. The van der Waals surface area contributed by atoms with E-state index < -0.39 is 23.6 Å². The van der Waals surface area contributed by atoms with Gasteiger partial charge in [-0.3, -0.25) is 0 Å². The number of aliphatic carboxylic acids is 1. The number of benzene rings is 1. The van der Waals surface area contributed by atoms with Crippen molar-refractivity contribution in [1.82, 2.24) is 4.98 Å². The van der Waals surface area contributed by atoms with Gasteiger partial charge in [-0.2, -0.15) is 13.2 Å². The highest BCUT2D eigenvalue weighted by molar-refractivity contribution is 5.94. The summed E-state index contributed by atoms with van der Waals surface area (Å²) >= 11 is 0. The van der Waals surface area contributed by atoms with E-state index in [9.17, 15) is 23.1 Å². The lowest BCUT2D eigenvalue weighted by Crippen LogP contribution is -2.33. The van der Waals surface area contributed by atoms with E-state index in [0.29, 0.717) is 23.5 Å². The molecule has 0 amide bonds. The van der Waals surface area contributed by atoms with Crippen molar-refractivity contribution >= 4 is 11.7 Å². The lowest BCUT2D eigenvalue weighted by molar-refractivity contribution is -0.139. The summed E-state index contributed by atoms with van der Waals surface area (Å²) in [5.41, 5.74) is 0.168. The predicted molar refractivity (Wildman–Crippen MR) is 107 cm³/mol. The Balaban J connectivity index is 2.42. The van der Waals surface area contributed by atoms with E-state index in [2.05, 4.69) is 4.98 Å². The van der Waals surface area contributed by atoms with Crippen LogP contribution in [0.1, 0.15) is 50.3 Å². The molecule has 0 radical (unpaired) electrons. The van der Waals surface area contributed by atoms with Crippen LogP contribution in [0.15, 0.2) is 47.8 Å². The van der Waals surface area contributed by atoms with Crippen LogP contribution in [-0.4, -0.2) is 28.7 Å². The van der Waals surface area contributed by atoms with Crippen molar-refractivity contribution in [3.63, 3.8) is 0 Å². The number of hydrogen-bond acceptors (Lipinski definition) is 4. The van der Waals surface area contributed by atoms with E-state index in [0.717, 1.165) is 6.07 Å². The van der Waals surface area contributed by atoms with Crippen LogP contribution in [0, 0.1) is 0 Å². The van der Waals surface area contributed by atoms with Gasteiger partial charge in [0.1, 0.15) is 0 Å². The molecule has 3 rings (SSSR count). The van der Waals surface area contributed by atoms with E-state index in [1.165, 1.54) is 24.4 Å². The highest BCUT2D eigenvalue weighted by Crippen LogP contribution is 2.50. The zero-order valence-corrected chi connectivity index (χ0v) is 17.1. The largest absolute Gasteiger partial charge is 0.478 e. The molecule has 0 fully saturated rings. The Labute approximate surface area is 172 Å². The fourth-order valence-corrected chi connectivity index (χ4v) is 3.95. The number of aromatic nitrogens is 1. The van der Waals surface area contributed by atoms with Crippen molar-refractivity contribution in [3.05, 3.63) is 64.5 Å². The highest BCUT2D eigenvalue weighted by Gasteiger charge is 2.43. The number of carboxylic acid groups (broad SMARTS) is 1. The number of alkyl halides is 3. The van der Waals surface area contributed by atoms with E-state index in [1.54, 1.807) is 31.7 Å². The molecule has 160 valence electrons. The van der Waals surface area contributed by atoms with E-state index in [1.807, 2.05) is 6.92 Å². The van der Waals surface area contributed by atoms with Crippen molar-refractivity contribution in [3.8, 4) is 5.88 Å². The number of allylic oxidation sites excluding steroid dienone is 1. The van der Waals surface area contributed by atoms with Gasteiger partial charge >= 0.3 is 12.1 Å². The van der Waals surface area contributed by atoms with Crippen LogP contribution in [0.25, 0.3) is 0 Å². The second kappa shape index (κ2) is 8.01. The Bertz CT molecular complexity index is 999. The molecule has 8 heteroatoms. The maximum atomic E-state index is 13.8. The Kier molecular flexibility index (Phi) is 5.78. The van der Waals surface area contributed by atoms with Crippen molar-refractivity contribution in [2.45, 2.75) is 45.9 Å². The van der Waals surface area contributed by atoms with Gasteiger partial charge in [0, 0.05) is 18.4 Å². The molecule has 2 aromatic rings. The summed E-state index contributed by atoms with van der Waals surface area (Å²) in [6.07, 6.45) is -3.42. The molecule has 5 nitrogen and oxygen atoms in total. The SMILES string of the molecule is CCN1C(C)=C(C(=O)O)C(c2ccccc2C(F)(F)F)c2c1ccnc2OC(C)C. The monoisotopic (exact) mass is 420 g/mol. The first kappa shape index (κ1) is 21.7. The summed E-state index contributed by atoms with van der Waals surface area (Å²) in [6.45, 7) is 7.45.